The average Bonchev–Trinajstić information content (AvgIpc) is 2.87. The zero-order valence-corrected chi connectivity index (χ0v) is 25.8. The average molecular weight is 635 g/mol. The van der Waals surface area contributed by atoms with Gasteiger partial charge in [-0.3, -0.25) is 13.9 Å². The van der Waals surface area contributed by atoms with E-state index in [0.29, 0.717) is 10.6 Å². The smallest absolute Gasteiger partial charge is 0.264 e. The van der Waals surface area contributed by atoms with Gasteiger partial charge in [-0.2, -0.15) is 0 Å². The Morgan fingerprint density at radius 1 is 1.00 bits per heavy atom. The lowest BCUT2D eigenvalue weighted by Crippen LogP contribution is -2.54. The maximum Gasteiger partial charge on any atom is 0.264 e. The predicted molar refractivity (Wildman–Crippen MR) is 159 cm³/mol. The Labute approximate surface area is 244 Å². The summed E-state index contributed by atoms with van der Waals surface area (Å²) in [7, 11) is -4.15. The molecule has 0 fully saturated rings. The van der Waals surface area contributed by atoms with Crippen molar-refractivity contribution in [1.82, 2.24) is 10.2 Å². The summed E-state index contributed by atoms with van der Waals surface area (Å²) < 4.78 is 29.7. The van der Waals surface area contributed by atoms with Gasteiger partial charge in [0.2, 0.25) is 11.8 Å². The fourth-order valence-electron chi connectivity index (χ4n) is 3.93. The Morgan fingerprint density at radius 3 is 2.21 bits per heavy atom. The second-order valence-electron chi connectivity index (χ2n) is 10.3. The van der Waals surface area contributed by atoms with E-state index in [9.17, 15) is 18.0 Å². The Bertz CT molecular complexity index is 1430. The van der Waals surface area contributed by atoms with E-state index >= 15 is 0 Å². The van der Waals surface area contributed by atoms with E-state index < -0.39 is 34.1 Å². The first kappa shape index (κ1) is 30.7. The highest BCUT2D eigenvalue weighted by molar-refractivity contribution is 9.10. The van der Waals surface area contributed by atoms with E-state index in [4.69, 9.17) is 11.6 Å². The van der Waals surface area contributed by atoms with Crippen LogP contribution in [0.3, 0.4) is 0 Å². The van der Waals surface area contributed by atoms with Crippen LogP contribution in [0, 0.1) is 6.92 Å². The highest BCUT2D eigenvalue weighted by Gasteiger charge is 2.34. The van der Waals surface area contributed by atoms with Crippen LogP contribution < -0.4 is 9.62 Å². The molecule has 1 N–H and O–H groups in total. The van der Waals surface area contributed by atoms with E-state index in [0.717, 1.165) is 14.3 Å². The van der Waals surface area contributed by atoms with Gasteiger partial charge in [-0.25, -0.2) is 8.42 Å². The molecule has 0 saturated heterocycles. The van der Waals surface area contributed by atoms with Crippen molar-refractivity contribution in [3.63, 3.8) is 0 Å². The third-order valence-electron chi connectivity index (χ3n) is 5.98. The summed E-state index contributed by atoms with van der Waals surface area (Å²) in [6.45, 7) is 8.54. The van der Waals surface area contributed by atoms with E-state index in [1.165, 1.54) is 23.1 Å². The number of halogens is 2. The van der Waals surface area contributed by atoms with Gasteiger partial charge in [0.15, 0.2) is 0 Å². The normalized spacial score (nSPS) is 12.5. The Balaban J connectivity index is 2.06. The zero-order chi connectivity index (χ0) is 29.0. The number of nitrogens with zero attached hydrogens (tertiary/aromatic N) is 2. The van der Waals surface area contributed by atoms with Crippen LogP contribution in [0.2, 0.25) is 5.02 Å². The molecule has 39 heavy (non-hydrogen) atoms. The minimum atomic E-state index is -4.15. The molecule has 10 heteroatoms. The van der Waals surface area contributed by atoms with Crippen molar-refractivity contribution in [3.05, 3.63) is 93.4 Å². The van der Waals surface area contributed by atoms with Crippen molar-refractivity contribution in [3.8, 4) is 0 Å². The van der Waals surface area contributed by atoms with Gasteiger partial charge in [-0.05, 0) is 82.1 Å². The maximum absolute atomic E-state index is 14.0. The van der Waals surface area contributed by atoms with E-state index in [2.05, 4.69) is 21.2 Å². The first-order valence-corrected chi connectivity index (χ1v) is 15.0. The number of hydrogen-bond donors (Lipinski definition) is 1. The predicted octanol–water partition coefficient (Wildman–Crippen LogP) is 5.94. The molecule has 3 rings (SSSR count). The van der Waals surface area contributed by atoms with Gasteiger partial charge >= 0.3 is 0 Å². The molecule has 0 spiro atoms. The number of aryl methyl sites for hydroxylation is 1. The summed E-state index contributed by atoms with van der Waals surface area (Å²) in [6.07, 6.45) is 0. The molecule has 0 heterocycles. The number of sulfonamides is 1. The van der Waals surface area contributed by atoms with Gasteiger partial charge in [0.05, 0.1) is 10.6 Å². The standard InChI is InChI=1S/C29H33BrClN3O4S/c1-20-11-16-24(31)17-26(20)34(39(37,38)25-9-7-6-8-10-25)19-27(35)33(18-22-12-14-23(30)15-13-22)21(2)28(36)32-29(3,4)5/h6-17,21H,18-19H2,1-5H3,(H,32,36)/t21-/m1/s1. The maximum atomic E-state index is 14.0. The minimum absolute atomic E-state index is 0.0372. The molecule has 3 aromatic rings. The third-order valence-corrected chi connectivity index (χ3v) is 8.52. The van der Waals surface area contributed by atoms with Crippen molar-refractivity contribution in [1.29, 1.82) is 0 Å². The second kappa shape index (κ2) is 12.5. The topological polar surface area (TPSA) is 86.8 Å². The molecule has 0 aliphatic heterocycles. The fourth-order valence-corrected chi connectivity index (χ4v) is 5.85. The summed E-state index contributed by atoms with van der Waals surface area (Å²) >= 11 is 9.67. The number of rotatable bonds is 9. The van der Waals surface area contributed by atoms with Crippen LogP contribution >= 0.6 is 27.5 Å². The highest BCUT2D eigenvalue weighted by Crippen LogP contribution is 2.30. The molecule has 1 atom stereocenters. The van der Waals surface area contributed by atoms with E-state index in [1.807, 2.05) is 45.0 Å². The van der Waals surface area contributed by atoms with Crippen LogP contribution in [-0.2, 0) is 26.2 Å². The highest BCUT2D eigenvalue weighted by atomic mass is 79.9. The molecule has 0 unspecified atom stereocenters. The lowest BCUT2D eigenvalue weighted by Gasteiger charge is -2.34. The Hall–Kier alpha value is -2.88. The van der Waals surface area contributed by atoms with Crippen LogP contribution in [0.5, 0.6) is 0 Å². The van der Waals surface area contributed by atoms with Gasteiger partial charge in [0.25, 0.3) is 10.0 Å². The number of nitrogens with one attached hydrogen (secondary N) is 1. The number of amides is 2. The SMILES string of the molecule is Cc1ccc(Cl)cc1N(CC(=O)N(Cc1ccc(Br)cc1)[C@H](C)C(=O)NC(C)(C)C)S(=O)(=O)c1ccccc1. The first-order valence-electron chi connectivity index (χ1n) is 12.4. The summed E-state index contributed by atoms with van der Waals surface area (Å²) in [5.74, 6) is -0.877. The molecule has 0 saturated carbocycles. The molecule has 3 aromatic carbocycles. The lowest BCUT2D eigenvalue weighted by atomic mass is 10.1. The van der Waals surface area contributed by atoms with Crippen LogP contribution in [0.1, 0.15) is 38.8 Å². The minimum Gasteiger partial charge on any atom is -0.350 e. The van der Waals surface area contributed by atoms with Crippen molar-refractivity contribution in [2.24, 2.45) is 0 Å². The van der Waals surface area contributed by atoms with Crippen LogP contribution in [-0.4, -0.2) is 43.3 Å². The molecule has 7 nitrogen and oxygen atoms in total. The van der Waals surface area contributed by atoms with Crippen LogP contribution in [0.15, 0.2) is 82.2 Å². The molecule has 0 radical (unpaired) electrons. The zero-order valence-electron chi connectivity index (χ0n) is 22.6. The lowest BCUT2D eigenvalue weighted by molar-refractivity contribution is -0.140. The van der Waals surface area contributed by atoms with Gasteiger partial charge in [-0.1, -0.05) is 63.9 Å². The van der Waals surface area contributed by atoms with Gasteiger partial charge in [0.1, 0.15) is 12.6 Å². The molecular formula is C29H33BrClN3O4S. The van der Waals surface area contributed by atoms with E-state index in [1.54, 1.807) is 44.2 Å². The molecule has 2 amide bonds. The number of hydrogen-bond acceptors (Lipinski definition) is 4. The third kappa shape index (κ3) is 8.06. The summed E-state index contributed by atoms with van der Waals surface area (Å²) in [5.41, 5.74) is 1.19. The van der Waals surface area contributed by atoms with Crippen LogP contribution in [0.25, 0.3) is 0 Å². The number of anilines is 1. The molecule has 0 aromatic heterocycles. The second-order valence-corrected chi connectivity index (χ2v) is 13.5. The first-order chi connectivity index (χ1) is 18.2. The number of carbonyl (C=O) groups excluding carboxylic acids is 2. The van der Waals surface area contributed by atoms with Crippen molar-refractivity contribution in [2.75, 3.05) is 10.8 Å². The van der Waals surface area contributed by atoms with Gasteiger partial charge < -0.3 is 10.2 Å². The number of carbonyl (C=O) groups is 2. The van der Waals surface area contributed by atoms with Gasteiger partial charge in [0, 0.05) is 21.6 Å². The van der Waals surface area contributed by atoms with Gasteiger partial charge in [-0.15, -0.1) is 0 Å². The largest absolute Gasteiger partial charge is 0.350 e. The summed E-state index contributed by atoms with van der Waals surface area (Å²) in [6, 6.07) is 19.3. The molecule has 0 aliphatic carbocycles. The molecule has 208 valence electrons. The van der Waals surface area contributed by atoms with E-state index in [-0.39, 0.29) is 23.0 Å². The molecule has 0 bridgehead atoms. The van der Waals surface area contributed by atoms with Crippen molar-refractivity contribution < 1.29 is 18.0 Å². The van der Waals surface area contributed by atoms with Crippen molar-refractivity contribution >= 4 is 55.1 Å². The monoisotopic (exact) mass is 633 g/mol. The molecular weight excluding hydrogens is 602 g/mol. The fraction of sp³-hybridized carbons (Fsp3) is 0.310. The number of benzene rings is 3. The Morgan fingerprint density at radius 2 is 1.62 bits per heavy atom. The quantitative estimate of drug-likeness (QED) is 0.316. The summed E-state index contributed by atoms with van der Waals surface area (Å²) in [5, 5.41) is 3.25. The van der Waals surface area contributed by atoms with Crippen molar-refractivity contribution in [2.45, 2.75) is 57.6 Å². The Kier molecular flexibility index (Phi) is 9.85. The molecule has 0 aliphatic rings. The summed E-state index contributed by atoms with van der Waals surface area (Å²) in [4.78, 5) is 28.6. The van der Waals surface area contributed by atoms with Crippen LogP contribution in [0.4, 0.5) is 5.69 Å².